The predicted molar refractivity (Wildman–Crippen MR) is 95.7 cm³/mol. The highest BCUT2D eigenvalue weighted by Crippen LogP contribution is 2.26. The fourth-order valence-corrected chi connectivity index (χ4v) is 3.04. The van der Waals surface area contributed by atoms with Crippen molar-refractivity contribution < 1.29 is 4.79 Å². The number of benzene rings is 1. The molecule has 4 nitrogen and oxygen atoms in total. The molecule has 0 aliphatic carbocycles. The summed E-state index contributed by atoms with van der Waals surface area (Å²) in [4.78, 5) is 21.6. The third-order valence-electron chi connectivity index (χ3n) is 3.23. The van der Waals surface area contributed by atoms with Crippen molar-refractivity contribution in [3.05, 3.63) is 70.9 Å². The maximum absolute atomic E-state index is 12.3. The van der Waals surface area contributed by atoms with E-state index in [1.54, 1.807) is 6.20 Å². The van der Waals surface area contributed by atoms with Gasteiger partial charge in [0, 0.05) is 11.8 Å². The molecule has 3 rings (SSSR count). The minimum Gasteiger partial charge on any atom is -0.340 e. The van der Waals surface area contributed by atoms with Gasteiger partial charge in [-0.15, -0.1) is 11.3 Å². The van der Waals surface area contributed by atoms with Crippen molar-refractivity contribution in [2.45, 2.75) is 6.92 Å². The molecule has 24 heavy (non-hydrogen) atoms. The molecule has 1 amide bonds. The van der Waals surface area contributed by atoms with E-state index in [1.165, 1.54) is 11.3 Å². The summed E-state index contributed by atoms with van der Waals surface area (Å²) >= 11 is 1.34. The first-order chi connectivity index (χ1) is 11.7. The molecule has 0 bridgehead atoms. The molecule has 0 spiro atoms. The Morgan fingerprint density at radius 2 is 1.96 bits per heavy atom. The van der Waals surface area contributed by atoms with Crippen LogP contribution in [0.1, 0.15) is 20.9 Å². The van der Waals surface area contributed by atoms with Crippen LogP contribution in [-0.2, 0) is 0 Å². The topological polar surface area (TPSA) is 54.9 Å². The molecule has 0 radical (unpaired) electrons. The highest BCUT2D eigenvalue weighted by Gasteiger charge is 2.15. The zero-order chi connectivity index (χ0) is 16.8. The minimum atomic E-state index is -0.158. The third kappa shape index (κ3) is 3.86. The summed E-state index contributed by atoms with van der Waals surface area (Å²) in [5.41, 5.74) is 2.40. The second kappa shape index (κ2) is 7.53. The summed E-state index contributed by atoms with van der Waals surface area (Å²) in [6.07, 6.45) is 1.71. The predicted octanol–water partition coefficient (Wildman–Crippen LogP) is 3.30. The number of hydrogen-bond donors (Lipinski definition) is 1. The van der Waals surface area contributed by atoms with Gasteiger partial charge in [0.25, 0.3) is 5.91 Å². The van der Waals surface area contributed by atoms with Gasteiger partial charge in [0.15, 0.2) is 0 Å². The van der Waals surface area contributed by atoms with Gasteiger partial charge in [0.2, 0.25) is 0 Å². The summed E-state index contributed by atoms with van der Waals surface area (Å²) in [7, 11) is 0. The summed E-state index contributed by atoms with van der Waals surface area (Å²) < 4.78 is 0. The Hall–Kier alpha value is -2.97. The molecule has 118 valence electrons. The van der Waals surface area contributed by atoms with Gasteiger partial charge < -0.3 is 5.32 Å². The lowest BCUT2D eigenvalue weighted by molar-refractivity contribution is 0.0962. The lowest BCUT2D eigenvalue weighted by Gasteiger charge is -1.98. The highest BCUT2D eigenvalue weighted by molar-refractivity contribution is 7.17. The molecule has 5 heteroatoms. The van der Waals surface area contributed by atoms with Crippen molar-refractivity contribution in [1.82, 2.24) is 15.3 Å². The molecule has 0 saturated heterocycles. The number of carbonyl (C=O) groups excluding carboxylic acids is 1. The zero-order valence-electron chi connectivity index (χ0n) is 13.1. The monoisotopic (exact) mass is 333 g/mol. The molecule has 1 aromatic carbocycles. The maximum Gasteiger partial charge on any atom is 0.264 e. The van der Waals surface area contributed by atoms with Gasteiger partial charge in [-0.1, -0.05) is 36.1 Å². The van der Waals surface area contributed by atoms with Crippen molar-refractivity contribution in [3.63, 3.8) is 0 Å². The smallest absolute Gasteiger partial charge is 0.264 e. The first kappa shape index (κ1) is 15.9. The van der Waals surface area contributed by atoms with Gasteiger partial charge in [-0.25, -0.2) is 4.98 Å². The van der Waals surface area contributed by atoms with E-state index in [0.717, 1.165) is 16.3 Å². The van der Waals surface area contributed by atoms with Crippen LogP contribution in [-0.4, -0.2) is 22.4 Å². The standard InChI is InChI=1S/C19H15N3OS/c1-14-17(24-19(22-14)16-11-5-6-12-20-16)18(23)21-13-7-10-15-8-3-2-4-9-15/h2-6,8-9,11-12H,13H2,1H3,(H,21,23). The van der Waals surface area contributed by atoms with Crippen molar-refractivity contribution in [3.8, 4) is 22.5 Å². The van der Waals surface area contributed by atoms with E-state index in [0.29, 0.717) is 17.1 Å². The van der Waals surface area contributed by atoms with Crippen LogP contribution in [0.25, 0.3) is 10.7 Å². The third-order valence-corrected chi connectivity index (χ3v) is 4.41. The van der Waals surface area contributed by atoms with E-state index < -0.39 is 0 Å². The molecule has 1 N–H and O–H groups in total. The Kier molecular flexibility index (Phi) is 4.99. The van der Waals surface area contributed by atoms with E-state index in [1.807, 2.05) is 55.5 Å². The number of thiazole rings is 1. The number of aryl methyl sites for hydroxylation is 1. The van der Waals surface area contributed by atoms with Crippen LogP contribution in [0, 0.1) is 18.8 Å². The molecule has 0 saturated carbocycles. The zero-order valence-corrected chi connectivity index (χ0v) is 13.9. The van der Waals surface area contributed by atoms with E-state index in [-0.39, 0.29) is 5.91 Å². The van der Waals surface area contributed by atoms with E-state index >= 15 is 0 Å². The quantitative estimate of drug-likeness (QED) is 0.748. The molecule has 2 aromatic heterocycles. The van der Waals surface area contributed by atoms with Gasteiger partial charge in [0.05, 0.1) is 17.9 Å². The fraction of sp³-hybridized carbons (Fsp3) is 0.105. The molecule has 0 unspecified atom stereocenters. The Morgan fingerprint density at radius 1 is 1.17 bits per heavy atom. The number of rotatable bonds is 3. The molecule has 0 fully saturated rings. The lowest BCUT2D eigenvalue weighted by Crippen LogP contribution is -2.23. The summed E-state index contributed by atoms with van der Waals surface area (Å²) in [5, 5.41) is 3.56. The fourth-order valence-electron chi connectivity index (χ4n) is 2.08. The number of nitrogens with one attached hydrogen (secondary N) is 1. The Bertz CT molecular complexity index is 893. The summed E-state index contributed by atoms with van der Waals surface area (Å²) in [5.74, 6) is 5.80. The van der Waals surface area contributed by atoms with Crippen molar-refractivity contribution in [1.29, 1.82) is 0 Å². The summed E-state index contributed by atoms with van der Waals surface area (Å²) in [6, 6.07) is 15.3. The highest BCUT2D eigenvalue weighted by atomic mass is 32.1. The molecular formula is C19H15N3OS. The Morgan fingerprint density at radius 3 is 2.71 bits per heavy atom. The van der Waals surface area contributed by atoms with E-state index in [2.05, 4.69) is 27.1 Å². The van der Waals surface area contributed by atoms with Crippen LogP contribution in [0.3, 0.4) is 0 Å². The minimum absolute atomic E-state index is 0.158. The van der Waals surface area contributed by atoms with Crippen LogP contribution < -0.4 is 5.32 Å². The second-order valence-corrected chi connectivity index (χ2v) is 6.00. The first-order valence-electron chi connectivity index (χ1n) is 7.45. The Balaban J connectivity index is 1.66. The Labute approximate surface area is 144 Å². The van der Waals surface area contributed by atoms with E-state index in [9.17, 15) is 4.79 Å². The number of pyridine rings is 1. The molecule has 0 aliphatic heterocycles. The first-order valence-corrected chi connectivity index (χ1v) is 8.26. The van der Waals surface area contributed by atoms with Gasteiger partial charge >= 0.3 is 0 Å². The van der Waals surface area contributed by atoms with Gasteiger partial charge in [-0.3, -0.25) is 9.78 Å². The lowest BCUT2D eigenvalue weighted by atomic mass is 10.2. The molecular weight excluding hydrogens is 318 g/mol. The number of hydrogen-bond acceptors (Lipinski definition) is 4. The molecule has 0 atom stereocenters. The van der Waals surface area contributed by atoms with Gasteiger partial charge in [-0.2, -0.15) is 0 Å². The second-order valence-electron chi connectivity index (χ2n) is 5.00. The number of carbonyl (C=O) groups is 1. The van der Waals surface area contributed by atoms with E-state index in [4.69, 9.17) is 0 Å². The van der Waals surface area contributed by atoms with Crippen LogP contribution >= 0.6 is 11.3 Å². The molecule has 0 aliphatic rings. The molecule has 3 aromatic rings. The van der Waals surface area contributed by atoms with Crippen molar-refractivity contribution in [2.75, 3.05) is 6.54 Å². The average molecular weight is 333 g/mol. The summed E-state index contributed by atoms with van der Waals surface area (Å²) in [6.45, 7) is 2.12. The maximum atomic E-state index is 12.3. The van der Waals surface area contributed by atoms with Crippen molar-refractivity contribution in [2.24, 2.45) is 0 Å². The normalized spacial score (nSPS) is 9.88. The number of amides is 1. The van der Waals surface area contributed by atoms with Crippen LogP contribution in [0.5, 0.6) is 0 Å². The number of nitrogens with zero attached hydrogens (tertiary/aromatic N) is 2. The van der Waals surface area contributed by atoms with Crippen LogP contribution in [0.2, 0.25) is 0 Å². The number of aromatic nitrogens is 2. The SMILES string of the molecule is Cc1nc(-c2ccccn2)sc1C(=O)NCC#Cc1ccccc1. The molecule has 2 heterocycles. The average Bonchev–Trinajstić information content (AvgIpc) is 3.02. The van der Waals surface area contributed by atoms with Crippen molar-refractivity contribution >= 4 is 17.2 Å². The van der Waals surface area contributed by atoms with Gasteiger partial charge in [0.1, 0.15) is 9.88 Å². The van der Waals surface area contributed by atoms with Crippen LogP contribution in [0.15, 0.2) is 54.7 Å². The van der Waals surface area contributed by atoms with Crippen LogP contribution in [0.4, 0.5) is 0 Å². The van der Waals surface area contributed by atoms with Gasteiger partial charge in [-0.05, 0) is 31.2 Å². The largest absolute Gasteiger partial charge is 0.340 e.